The fraction of sp³-hybridized carbons (Fsp3) is 0.308. The summed E-state index contributed by atoms with van der Waals surface area (Å²) >= 11 is 5.96. The predicted octanol–water partition coefficient (Wildman–Crippen LogP) is 3.63. The van der Waals surface area contributed by atoms with Gasteiger partial charge in [-0.05, 0) is 30.9 Å². The van der Waals surface area contributed by atoms with Crippen LogP contribution >= 0.6 is 11.6 Å². The van der Waals surface area contributed by atoms with Crippen molar-refractivity contribution in [3.63, 3.8) is 0 Å². The van der Waals surface area contributed by atoms with Crippen molar-refractivity contribution in [3.8, 4) is 0 Å². The number of halogens is 1. The van der Waals surface area contributed by atoms with E-state index in [1.165, 1.54) is 0 Å². The number of hydrogen-bond donors (Lipinski definition) is 1. The Bertz CT molecular complexity index is 414. The zero-order valence-corrected chi connectivity index (χ0v) is 9.70. The molecule has 1 aliphatic carbocycles. The Morgan fingerprint density at radius 3 is 2.94 bits per heavy atom. The molecule has 0 aliphatic heterocycles. The van der Waals surface area contributed by atoms with E-state index < -0.39 is 0 Å². The molecule has 1 aliphatic rings. The molecule has 1 N–H and O–H groups in total. The van der Waals surface area contributed by atoms with E-state index in [1.54, 1.807) is 6.07 Å². The zero-order valence-electron chi connectivity index (χ0n) is 8.95. The second kappa shape index (κ2) is 5.17. The first-order valence-corrected chi connectivity index (χ1v) is 5.84. The Balaban J connectivity index is 1.92. The van der Waals surface area contributed by atoms with Crippen molar-refractivity contribution in [2.24, 2.45) is 5.92 Å². The summed E-state index contributed by atoms with van der Waals surface area (Å²) in [6, 6.07) is 7.28. The van der Waals surface area contributed by atoms with Crippen molar-refractivity contribution < 1.29 is 4.79 Å². The Kier molecular flexibility index (Phi) is 3.62. The largest absolute Gasteiger partial charge is 0.325 e. The lowest BCUT2D eigenvalue weighted by Crippen LogP contribution is -2.14. The summed E-state index contributed by atoms with van der Waals surface area (Å²) in [5, 5.41) is 3.41. The van der Waals surface area contributed by atoms with Crippen LogP contribution in [-0.2, 0) is 4.79 Å². The predicted molar refractivity (Wildman–Crippen MR) is 66.6 cm³/mol. The molecule has 0 aromatic heterocycles. The summed E-state index contributed by atoms with van der Waals surface area (Å²) in [6.07, 6.45) is 6.96. The second-order valence-corrected chi connectivity index (χ2v) is 4.40. The van der Waals surface area contributed by atoms with Crippen LogP contribution in [0.1, 0.15) is 19.3 Å². The normalized spacial score (nSPS) is 18.7. The summed E-state index contributed by atoms with van der Waals surface area (Å²) in [5.41, 5.74) is 0.691. The zero-order chi connectivity index (χ0) is 11.4. The molecule has 1 atom stereocenters. The van der Waals surface area contributed by atoms with Crippen molar-refractivity contribution >= 4 is 23.2 Å². The molecule has 3 heteroatoms. The number of para-hydroxylation sites is 1. The molecule has 0 unspecified atom stereocenters. The first-order chi connectivity index (χ1) is 7.75. The topological polar surface area (TPSA) is 29.1 Å². The number of hydrogen-bond acceptors (Lipinski definition) is 1. The van der Waals surface area contributed by atoms with Gasteiger partial charge in [-0.1, -0.05) is 35.9 Å². The number of anilines is 1. The van der Waals surface area contributed by atoms with Gasteiger partial charge in [-0.3, -0.25) is 4.79 Å². The van der Waals surface area contributed by atoms with Gasteiger partial charge in [-0.25, -0.2) is 0 Å². The van der Waals surface area contributed by atoms with E-state index in [-0.39, 0.29) is 5.91 Å². The van der Waals surface area contributed by atoms with E-state index >= 15 is 0 Å². The van der Waals surface area contributed by atoms with E-state index in [2.05, 4.69) is 17.5 Å². The first kappa shape index (κ1) is 11.2. The van der Waals surface area contributed by atoms with Crippen molar-refractivity contribution in [2.45, 2.75) is 19.3 Å². The molecule has 1 aromatic rings. The molecule has 0 fully saturated rings. The minimum absolute atomic E-state index is 0.0321. The molecule has 1 amide bonds. The minimum Gasteiger partial charge on any atom is -0.325 e. The highest BCUT2D eigenvalue weighted by Crippen LogP contribution is 2.23. The monoisotopic (exact) mass is 235 g/mol. The van der Waals surface area contributed by atoms with Gasteiger partial charge in [-0.2, -0.15) is 0 Å². The smallest absolute Gasteiger partial charge is 0.225 e. The fourth-order valence-electron chi connectivity index (χ4n) is 1.87. The molecule has 84 valence electrons. The second-order valence-electron chi connectivity index (χ2n) is 4.00. The highest BCUT2D eigenvalue weighted by molar-refractivity contribution is 6.33. The van der Waals surface area contributed by atoms with Crippen LogP contribution in [0.2, 0.25) is 5.02 Å². The lowest BCUT2D eigenvalue weighted by atomic mass is 10.1. The van der Waals surface area contributed by atoms with Crippen LogP contribution in [0.3, 0.4) is 0 Å². The summed E-state index contributed by atoms with van der Waals surface area (Å²) in [6.45, 7) is 0. The van der Waals surface area contributed by atoms with Gasteiger partial charge in [0, 0.05) is 6.42 Å². The van der Waals surface area contributed by atoms with Crippen molar-refractivity contribution in [1.29, 1.82) is 0 Å². The molecule has 0 bridgehead atoms. The van der Waals surface area contributed by atoms with Crippen LogP contribution in [0.4, 0.5) is 5.69 Å². The van der Waals surface area contributed by atoms with Crippen LogP contribution in [0.25, 0.3) is 0 Å². The van der Waals surface area contributed by atoms with Gasteiger partial charge in [0.2, 0.25) is 5.91 Å². The van der Waals surface area contributed by atoms with Crippen molar-refractivity contribution in [3.05, 3.63) is 41.4 Å². The summed E-state index contributed by atoms with van der Waals surface area (Å²) in [5.74, 6) is 0.423. The first-order valence-electron chi connectivity index (χ1n) is 5.47. The summed E-state index contributed by atoms with van der Waals surface area (Å²) in [4.78, 5) is 11.7. The number of amides is 1. The Morgan fingerprint density at radius 2 is 2.25 bits per heavy atom. The standard InChI is InChI=1S/C13H14ClNO/c14-11-7-3-4-8-12(11)15-13(16)9-10-5-1-2-6-10/h1,3-5,7-8,10H,2,6,9H2,(H,15,16)/t10-/m1/s1. The SMILES string of the molecule is O=C(C[C@@H]1C=CCC1)Nc1ccccc1Cl. The maximum Gasteiger partial charge on any atom is 0.225 e. The Morgan fingerprint density at radius 1 is 1.44 bits per heavy atom. The highest BCUT2D eigenvalue weighted by Gasteiger charge is 2.14. The van der Waals surface area contributed by atoms with Gasteiger partial charge in [-0.15, -0.1) is 0 Å². The lowest BCUT2D eigenvalue weighted by Gasteiger charge is -2.09. The molecular weight excluding hydrogens is 222 g/mol. The number of rotatable bonds is 3. The molecule has 0 saturated carbocycles. The molecule has 16 heavy (non-hydrogen) atoms. The molecule has 0 spiro atoms. The highest BCUT2D eigenvalue weighted by atomic mass is 35.5. The van der Waals surface area contributed by atoms with Crippen molar-refractivity contribution in [1.82, 2.24) is 0 Å². The Hall–Kier alpha value is -1.28. The van der Waals surface area contributed by atoms with Crippen molar-refractivity contribution in [2.75, 3.05) is 5.32 Å². The van der Waals surface area contributed by atoms with E-state index in [9.17, 15) is 4.79 Å². The Labute approximate surface area is 100 Å². The van der Waals surface area contributed by atoms with Gasteiger partial charge in [0.15, 0.2) is 0 Å². The number of carbonyl (C=O) groups excluding carboxylic acids is 1. The minimum atomic E-state index is 0.0321. The van der Waals surface area contributed by atoms with E-state index in [0.29, 0.717) is 23.0 Å². The third-order valence-corrected chi connectivity index (χ3v) is 3.04. The van der Waals surface area contributed by atoms with Gasteiger partial charge in [0.1, 0.15) is 0 Å². The molecular formula is C13H14ClNO. The van der Waals surface area contributed by atoms with E-state index in [4.69, 9.17) is 11.6 Å². The van der Waals surface area contributed by atoms with Crippen LogP contribution in [-0.4, -0.2) is 5.91 Å². The van der Waals surface area contributed by atoms with Gasteiger partial charge in [0.25, 0.3) is 0 Å². The van der Waals surface area contributed by atoms with Crippen LogP contribution in [0, 0.1) is 5.92 Å². The lowest BCUT2D eigenvalue weighted by molar-refractivity contribution is -0.116. The molecule has 2 nitrogen and oxygen atoms in total. The fourth-order valence-corrected chi connectivity index (χ4v) is 2.05. The van der Waals surface area contributed by atoms with E-state index in [0.717, 1.165) is 12.8 Å². The molecule has 0 saturated heterocycles. The van der Waals surface area contributed by atoms with Crippen LogP contribution in [0.15, 0.2) is 36.4 Å². The quantitative estimate of drug-likeness (QED) is 0.797. The molecule has 1 aromatic carbocycles. The van der Waals surface area contributed by atoms with E-state index in [1.807, 2.05) is 18.2 Å². The molecule has 0 heterocycles. The maximum atomic E-state index is 11.7. The van der Waals surface area contributed by atoms with Crippen LogP contribution < -0.4 is 5.32 Å². The molecule has 0 radical (unpaired) electrons. The summed E-state index contributed by atoms with van der Waals surface area (Å²) in [7, 11) is 0. The van der Waals surface area contributed by atoms with Gasteiger partial charge >= 0.3 is 0 Å². The average Bonchev–Trinajstić information content (AvgIpc) is 2.74. The summed E-state index contributed by atoms with van der Waals surface area (Å²) < 4.78 is 0. The average molecular weight is 236 g/mol. The maximum absolute atomic E-state index is 11.7. The van der Waals surface area contributed by atoms with Gasteiger partial charge < -0.3 is 5.32 Å². The third-order valence-electron chi connectivity index (χ3n) is 2.71. The van der Waals surface area contributed by atoms with Crippen LogP contribution in [0.5, 0.6) is 0 Å². The number of benzene rings is 1. The number of allylic oxidation sites excluding steroid dienone is 2. The third kappa shape index (κ3) is 2.86. The number of nitrogens with one attached hydrogen (secondary N) is 1. The number of carbonyl (C=O) groups is 1. The molecule has 2 rings (SSSR count). The van der Waals surface area contributed by atoms with Gasteiger partial charge in [0.05, 0.1) is 10.7 Å².